The van der Waals surface area contributed by atoms with Gasteiger partial charge in [-0.05, 0) is 61.6 Å². The van der Waals surface area contributed by atoms with E-state index in [1.807, 2.05) is 12.1 Å². The van der Waals surface area contributed by atoms with Crippen LogP contribution in [0.2, 0.25) is 0 Å². The fraction of sp³-hybridized carbons (Fsp3) is 0.640. The maximum atomic E-state index is 12.1. The highest BCUT2D eigenvalue weighted by Crippen LogP contribution is 2.45. The lowest BCUT2D eigenvalue weighted by Gasteiger charge is -2.47. The molecule has 2 fully saturated rings. The van der Waals surface area contributed by atoms with Gasteiger partial charge in [-0.3, -0.25) is 0 Å². The van der Waals surface area contributed by atoms with Crippen LogP contribution in [-0.2, 0) is 11.2 Å². The van der Waals surface area contributed by atoms with Crippen molar-refractivity contribution >= 4 is 6.09 Å². The predicted molar refractivity (Wildman–Crippen MR) is 115 cm³/mol. The average molecular weight is 398 g/mol. The third-order valence-corrected chi connectivity index (χ3v) is 7.37. The van der Waals surface area contributed by atoms with Crippen molar-refractivity contribution in [1.29, 1.82) is 0 Å². The summed E-state index contributed by atoms with van der Waals surface area (Å²) < 4.78 is 11.8. The van der Waals surface area contributed by atoms with Gasteiger partial charge >= 0.3 is 6.09 Å². The molecule has 1 heterocycles. The summed E-state index contributed by atoms with van der Waals surface area (Å²) in [7, 11) is 0. The van der Waals surface area contributed by atoms with Crippen LogP contribution in [-0.4, -0.2) is 24.8 Å². The van der Waals surface area contributed by atoms with Crippen molar-refractivity contribution < 1.29 is 14.3 Å². The van der Waals surface area contributed by atoms with E-state index in [2.05, 4.69) is 44.3 Å². The van der Waals surface area contributed by atoms with Crippen molar-refractivity contribution in [2.24, 2.45) is 23.7 Å². The van der Waals surface area contributed by atoms with Gasteiger partial charge in [0.1, 0.15) is 5.75 Å². The number of hydrogen-bond acceptors (Lipinski definition) is 3. The van der Waals surface area contributed by atoms with Gasteiger partial charge in [-0.25, -0.2) is 4.79 Å². The van der Waals surface area contributed by atoms with E-state index in [0.717, 1.165) is 25.9 Å². The first-order valence-corrected chi connectivity index (χ1v) is 11.4. The zero-order valence-electron chi connectivity index (χ0n) is 18.0. The SMILES string of the molecule is CC1=C[C@H](C)[C@@H]2CO[C@@H](Cc3ccc(OC(=O)NC4CCCCC4)cc3)[C@H]1[C@H]2C. The Morgan fingerprint density at radius 1 is 1.14 bits per heavy atom. The van der Waals surface area contributed by atoms with E-state index < -0.39 is 0 Å². The van der Waals surface area contributed by atoms with E-state index in [-0.39, 0.29) is 18.2 Å². The molecule has 3 aliphatic rings. The van der Waals surface area contributed by atoms with E-state index in [9.17, 15) is 4.79 Å². The largest absolute Gasteiger partial charge is 0.412 e. The number of carbonyl (C=O) groups excluding carboxylic acids is 1. The quantitative estimate of drug-likeness (QED) is 0.681. The molecule has 1 saturated heterocycles. The minimum Gasteiger partial charge on any atom is -0.410 e. The van der Waals surface area contributed by atoms with Crippen LogP contribution in [0.15, 0.2) is 35.9 Å². The normalized spacial score (nSPS) is 32.4. The lowest BCUT2D eigenvalue weighted by Crippen LogP contribution is -2.47. The zero-order chi connectivity index (χ0) is 20.4. The summed E-state index contributed by atoms with van der Waals surface area (Å²) in [4.78, 5) is 12.1. The third kappa shape index (κ3) is 4.69. The highest BCUT2D eigenvalue weighted by Gasteiger charge is 2.43. The minimum absolute atomic E-state index is 0.228. The monoisotopic (exact) mass is 397 g/mol. The highest BCUT2D eigenvalue weighted by molar-refractivity contribution is 5.70. The molecular formula is C25H35NO3. The molecule has 4 heteroatoms. The Balaban J connectivity index is 1.33. The van der Waals surface area contributed by atoms with Gasteiger partial charge in [-0.1, -0.05) is 56.9 Å². The molecule has 0 unspecified atom stereocenters. The summed E-state index contributed by atoms with van der Waals surface area (Å²) in [6, 6.07) is 8.19. The lowest BCUT2D eigenvalue weighted by molar-refractivity contribution is -0.0901. The molecule has 5 atom stereocenters. The number of nitrogens with one attached hydrogen (secondary N) is 1. The second kappa shape index (κ2) is 8.91. The number of hydrogen-bond donors (Lipinski definition) is 1. The van der Waals surface area contributed by atoms with Crippen LogP contribution in [0.1, 0.15) is 58.4 Å². The van der Waals surface area contributed by atoms with Crippen molar-refractivity contribution in [3.63, 3.8) is 0 Å². The predicted octanol–water partition coefficient (Wildman–Crippen LogP) is 5.51. The fourth-order valence-electron chi connectivity index (χ4n) is 5.74. The fourth-order valence-corrected chi connectivity index (χ4v) is 5.74. The Hall–Kier alpha value is -1.81. The molecule has 0 radical (unpaired) electrons. The smallest absolute Gasteiger partial charge is 0.410 e. The summed E-state index contributed by atoms with van der Waals surface area (Å²) in [6.07, 6.45) is 9.01. The molecule has 4 rings (SSSR count). The molecule has 0 spiro atoms. The zero-order valence-corrected chi connectivity index (χ0v) is 18.0. The van der Waals surface area contributed by atoms with Gasteiger partial charge in [0.15, 0.2) is 0 Å². The van der Waals surface area contributed by atoms with Crippen LogP contribution >= 0.6 is 0 Å². The van der Waals surface area contributed by atoms with Gasteiger partial charge in [0.2, 0.25) is 0 Å². The molecule has 1 aromatic carbocycles. The van der Waals surface area contributed by atoms with Gasteiger partial charge in [-0.2, -0.15) is 0 Å². The summed E-state index contributed by atoms with van der Waals surface area (Å²) in [5.41, 5.74) is 2.71. The first-order valence-electron chi connectivity index (χ1n) is 11.4. The first kappa shape index (κ1) is 20.5. The van der Waals surface area contributed by atoms with Gasteiger partial charge in [0.25, 0.3) is 0 Å². The van der Waals surface area contributed by atoms with E-state index in [1.165, 1.54) is 30.4 Å². The molecule has 1 aliphatic heterocycles. The topological polar surface area (TPSA) is 47.6 Å². The van der Waals surface area contributed by atoms with Crippen molar-refractivity contribution in [1.82, 2.24) is 5.32 Å². The number of allylic oxidation sites excluding steroid dienone is 1. The average Bonchev–Trinajstić information content (AvgIpc) is 2.69. The third-order valence-electron chi connectivity index (χ3n) is 7.37. The van der Waals surface area contributed by atoms with Gasteiger partial charge in [0, 0.05) is 12.0 Å². The molecule has 2 aliphatic carbocycles. The molecule has 1 N–H and O–H groups in total. The molecule has 29 heavy (non-hydrogen) atoms. The molecule has 4 nitrogen and oxygen atoms in total. The summed E-state index contributed by atoms with van der Waals surface area (Å²) >= 11 is 0. The number of ether oxygens (including phenoxy) is 2. The van der Waals surface area contributed by atoms with Crippen molar-refractivity contribution in [3.8, 4) is 5.75 Å². The van der Waals surface area contributed by atoms with E-state index in [1.54, 1.807) is 0 Å². The van der Waals surface area contributed by atoms with Gasteiger partial charge in [-0.15, -0.1) is 0 Å². The standard InChI is InChI=1S/C25H35NO3/c1-16-13-17(2)24-18(3)22(16)15-28-23(24)14-19-9-11-21(12-10-19)29-25(27)26-20-7-5-4-6-8-20/h9-13,16,18,20,22-24H,4-8,14-15H2,1-3H3,(H,26,27)/t16-,18-,22-,23-,24+/m0/s1. The molecule has 1 amide bonds. The molecule has 2 bridgehead atoms. The minimum atomic E-state index is -0.336. The van der Waals surface area contributed by atoms with Crippen LogP contribution < -0.4 is 10.1 Å². The van der Waals surface area contributed by atoms with Crippen molar-refractivity contribution in [3.05, 3.63) is 41.5 Å². The summed E-state index contributed by atoms with van der Waals surface area (Å²) in [5.74, 6) is 3.02. The molecule has 0 aromatic heterocycles. The maximum Gasteiger partial charge on any atom is 0.412 e. The van der Waals surface area contributed by atoms with Crippen LogP contribution in [0.4, 0.5) is 4.79 Å². The van der Waals surface area contributed by atoms with Crippen LogP contribution in [0.25, 0.3) is 0 Å². The summed E-state index contributed by atoms with van der Waals surface area (Å²) in [6.45, 7) is 7.82. The lowest BCUT2D eigenvalue weighted by atomic mass is 9.65. The van der Waals surface area contributed by atoms with Crippen molar-refractivity contribution in [2.75, 3.05) is 6.61 Å². The highest BCUT2D eigenvalue weighted by atomic mass is 16.6. The molecular weight excluding hydrogens is 362 g/mol. The Morgan fingerprint density at radius 3 is 2.59 bits per heavy atom. The molecule has 1 saturated carbocycles. The van der Waals surface area contributed by atoms with Crippen LogP contribution in [0, 0.1) is 23.7 Å². The van der Waals surface area contributed by atoms with Crippen LogP contribution in [0.5, 0.6) is 5.75 Å². The molecule has 158 valence electrons. The Bertz CT molecular complexity index is 735. The Morgan fingerprint density at radius 2 is 1.86 bits per heavy atom. The van der Waals surface area contributed by atoms with Crippen LogP contribution in [0.3, 0.4) is 0 Å². The first-order chi connectivity index (χ1) is 14.0. The Kier molecular flexibility index (Phi) is 6.29. The number of fused-ring (bicyclic) bond motifs is 2. The second-order valence-electron chi connectivity index (χ2n) is 9.41. The van der Waals surface area contributed by atoms with Crippen molar-refractivity contribution in [2.45, 2.75) is 71.4 Å². The van der Waals surface area contributed by atoms with Gasteiger partial charge < -0.3 is 14.8 Å². The second-order valence-corrected chi connectivity index (χ2v) is 9.41. The number of rotatable bonds is 4. The van der Waals surface area contributed by atoms with E-state index in [4.69, 9.17) is 9.47 Å². The molecule has 1 aromatic rings. The van der Waals surface area contributed by atoms with E-state index in [0.29, 0.717) is 29.4 Å². The number of carbonyl (C=O) groups is 1. The number of amides is 1. The van der Waals surface area contributed by atoms with Gasteiger partial charge in [0.05, 0.1) is 12.7 Å². The summed E-state index contributed by atoms with van der Waals surface area (Å²) in [5, 5.41) is 3.00. The number of benzene rings is 1. The Labute approximate surface area is 175 Å². The van der Waals surface area contributed by atoms with E-state index >= 15 is 0 Å². The maximum absolute atomic E-state index is 12.1.